The lowest BCUT2D eigenvalue weighted by molar-refractivity contribution is 0.0452. The van der Waals surface area contributed by atoms with E-state index in [0.29, 0.717) is 26.4 Å². The third-order valence-electron chi connectivity index (χ3n) is 1.89. The van der Waals surface area contributed by atoms with E-state index in [1.165, 1.54) is 12.3 Å². The Balaban J connectivity index is 2.36. The Hall–Kier alpha value is -1.46. The van der Waals surface area contributed by atoms with Gasteiger partial charge in [-0.1, -0.05) is 0 Å². The van der Waals surface area contributed by atoms with Crippen LogP contribution in [0.1, 0.15) is 23.0 Å². The molecule has 0 fully saturated rings. The van der Waals surface area contributed by atoms with E-state index in [1.54, 1.807) is 6.07 Å². The van der Waals surface area contributed by atoms with Gasteiger partial charge >= 0.3 is 5.97 Å². The van der Waals surface area contributed by atoms with Crippen LogP contribution in [0.15, 0.2) is 18.3 Å². The number of carboxylic acid groups (broad SMARTS) is 1. The Bertz CT molecular complexity index is 341. The van der Waals surface area contributed by atoms with Crippen LogP contribution in [0.4, 0.5) is 0 Å². The second kappa shape index (κ2) is 6.92. The molecule has 0 aliphatic rings. The number of nitrogens with zero attached hydrogens (tertiary/aromatic N) is 1. The van der Waals surface area contributed by atoms with Crippen molar-refractivity contribution in [2.75, 3.05) is 19.8 Å². The molecule has 1 rings (SSSR count). The van der Waals surface area contributed by atoms with Gasteiger partial charge in [0.2, 0.25) is 0 Å². The SMILES string of the molecule is CCOCCOCc1ccnc(C(=O)O)c1. The van der Waals surface area contributed by atoms with Crippen molar-refractivity contribution in [2.24, 2.45) is 0 Å². The Labute approximate surface area is 94.0 Å². The van der Waals surface area contributed by atoms with Gasteiger partial charge in [0.15, 0.2) is 0 Å². The second-order valence-corrected chi connectivity index (χ2v) is 3.10. The standard InChI is InChI=1S/C11H15NO4/c1-2-15-5-6-16-8-9-3-4-12-10(7-9)11(13)14/h3-4,7H,2,5-6,8H2,1H3,(H,13,14). The Morgan fingerprint density at radius 2 is 2.19 bits per heavy atom. The molecular weight excluding hydrogens is 210 g/mol. The maximum Gasteiger partial charge on any atom is 0.354 e. The molecule has 5 heteroatoms. The minimum absolute atomic E-state index is 0.0332. The molecule has 0 saturated heterocycles. The minimum Gasteiger partial charge on any atom is -0.477 e. The number of aromatic carboxylic acids is 1. The molecule has 1 heterocycles. The van der Waals surface area contributed by atoms with Crippen molar-refractivity contribution in [2.45, 2.75) is 13.5 Å². The molecule has 16 heavy (non-hydrogen) atoms. The van der Waals surface area contributed by atoms with E-state index in [9.17, 15) is 4.79 Å². The first-order chi connectivity index (χ1) is 7.74. The summed E-state index contributed by atoms with van der Waals surface area (Å²) in [6.07, 6.45) is 1.46. The molecule has 0 bridgehead atoms. The summed E-state index contributed by atoms with van der Waals surface area (Å²) in [6.45, 7) is 4.01. The molecule has 88 valence electrons. The average Bonchev–Trinajstić information content (AvgIpc) is 2.29. The summed E-state index contributed by atoms with van der Waals surface area (Å²) >= 11 is 0. The lowest BCUT2D eigenvalue weighted by Crippen LogP contribution is -2.05. The number of carbonyl (C=O) groups is 1. The first-order valence-electron chi connectivity index (χ1n) is 5.07. The van der Waals surface area contributed by atoms with Gasteiger partial charge in [-0.15, -0.1) is 0 Å². The van der Waals surface area contributed by atoms with Crippen LogP contribution in [0.2, 0.25) is 0 Å². The molecule has 0 saturated carbocycles. The normalized spacial score (nSPS) is 10.3. The van der Waals surface area contributed by atoms with E-state index in [1.807, 2.05) is 6.92 Å². The van der Waals surface area contributed by atoms with E-state index in [2.05, 4.69) is 4.98 Å². The molecule has 1 aromatic rings. The molecular formula is C11H15NO4. The molecule has 0 atom stereocenters. The Morgan fingerprint density at radius 1 is 1.44 bits per heavy atom. The number of carboxylic acids is 1. The Morgan fingerprint density at radius 3 is 2.88 bits per heavy atom. The third kappa shape index (κ3) is 4.37. The molecule has 0 unspecified atom stereocenters. The van der Waals surface area contributed by atoms with Crippen LogP contribution in [0.5, 0.6) is 0 Å². The molecule has 0 aliphatic heterocycles. The zero-order valence-corrected chi connectivity index (χ0v) is 9.18. The van der Waals surface area contributed by atoms with E-state index in [0.717, 1.165) is 5.56 Å². The van der Waals surface area contributed by atoms with Gasteiger partial charge in [0.05, 0.1) is 19.8 Å². The molecule has 1 aromatic heterocycles. The summed E-state index contributed by atoms with van der Waals surface area (Å²) < 4.78 is 10.4. The molecule has 5 nitrogen and oxygen atoms in total. The maximum absolute atomic E-state index is 10.6. The minimum atomic E-state index is -1.03. The topological polar surface area (TPSA) is 68.7 Å². The predicted octanol–water partition coefficient (Wildman–Crippen LogP) is 1.33. The summed E-state index contributed by atoms with van der Waals surface area (Å²) in [5, 5.41) is 8.73. The van der Waals surface area contributed by atoms with Gasteiger partial charge in [-0.25, -0.2) is 9.78 Å². The maximum atomic E-state index is 10.6. The summed E-state index contributed by atoms with van der Waals surface area (Å²) in [6, 6.07) is 3.23. The van der Waals surface area contributed by atoms with Gasteiger partial charge in [-0.3, -0.25) is 0 Å². The lowest BCUT2D eigenvalue weighted by atomic mass is 10.2. The van der Waals surface area contributed by atoms with Crippen LogP contribution < -0.4 is 0 Å². The molecule has 0 aliphatic carbocycles. The zero-order chi connectivity index (χ0) is 11.8. The van der Waals surface area contributed by atoms with Crippen molar-refractivity contribution in [3.63, 3.8) is 0 Å². The average molecular weight is 225 g/mol. The highest BCUT2D eigenvalue weighted by atomic mass is 16.5. The fraction of sp³-hybridized carbons (Fsp3) is 0.455. The molecule has 0 radical (unpaired) electrons. The highest BCUT2D eigenvalue weighted by Gasteiger charge is 2.04. The summed E-state index contributed by atoms with van der Waals surface area (Å²) in [5.41, 5.74) is 0.829. The van der Waals surface area contributed by atoms with Crippen molar-refractivity contribution < 1.29 is 19.4 Å². The van der Waals surface area contributed by atoms with Crippen molar-refractivity contribution in [3.8, 4) is 0 Å². The van der Waals surface area contributed by atoms with Crippen LogP contribution in [-0.4, -0.2) is 35.9 Å². The van der Waals surface area contributed by atoms with Crippen molar-refractivity contribution in [3.05, 3.63) is 29.6 Å². The van der Waals surface area contributed by atoms with Gasteiger partial charge in [0.25, 0.3) is 0 Å². The van der Waals surface area contributed by atoms with Crippen LogP contribution in [0.3, 0.4) is 0 Å². The van der Waals surface area contributed by atoms with Crippen LogP contribution in [0, 0.1) is 0 Å². The largest absolute Gasteiger partial charge is 0.477 e. The quantitative estimate of drug-likeness (QED) is 0.709. The summed E-state index contributed by atoms with van der Waals surface area (Å²) in [7, 11) is 0. The number of aromatic nitrogens is 1. The van der Waals surface area contributed by atoms with Crippen LogP contribution >= 0.6 is 0 Å². The van der Waals surface area contributed by atoms with E-state index < -0.39 is 5.97 Å². The smallest absolute Gasteiger partial charge is 0.354 e. The van der Waals surface area contributed by atoms with E-state index >= 15 is 0 Å². The summed E-state index contributed by atoms with van der Waals surface area (Å²) in [4.78, 5) is 14.4. The van der Waals surface area contributed by atoms with Gasteiger partial charge in [0, 0.05) is 12.8 Å². The van der Waals surface area contributed by atoms with Crippen molar-refractivity contribution >= 4 is 5.97 Å². The number of pyridine rings is 1. The first-order valence-corrected chi connectivity index (χ1v) is 5.07. The van der Waals surface area contributed by atoms with E-state index in [-0.39, 0.29) is 5.69 Å². The lowest BCUT2D eigenvalue weighted by Gasteiger charge is -2.04. The zero-order valence-electron chi connectivity index (χ0n) is 9.18. The number of rotatable bonds is 7. The molecule has 0 spiro atoms. The van der Waals surface area contributed by atoms with Crippen LogP contribution in [0.25, 0.3) is 0 Å². The molecule has 0 aromatic carbocycles. The van der Waals surface area contributed by atoms with Gasteiger partial charge in [0.1, 0.15) is 5.69 Å². The van der Waals surface area contributed by atoms with Crippen molar-refractivity contribution in [1.29, 1.82) is 0 Å². The first kappa shape index (κ1) is 12.6. The number of hydrogen-bond donors (Lipinski definition) is 1. The fourth-order valence-corrected chi connectivity index (χ4v) is 1.13. The fourth-order valence-electron chi connectivity index (χ4n) is 1.13. The Kier molecular flexibility index (Phi) is 5.45. The second-order valence-electron chi connectivity index (χ2n) is 3.10. The number of ether oxygens (including phenoxy) is 2. The van der Waals surface area contributed by atoms with Gasteiger partial charge < -0.3 is 14.6 Å². The van der Waals surface area contributed by atoms with E-state index in [4.69, 9.17) is 14.6 Å². The van der Waals surface area contributed by atoms with Gasteiger partial charge in [-0.2, -0.15) is 0 Å². The monoisotopic (exact) mass is 225 g/mol. The van der Waals surface area contributed by atoms with Gasteiger partial charge in [-0.05, 0) is 24.6 Å². The predicted molar refractivity (Wildman–Crippen MR) is 57.3 cm³/mol. The number of hydrogen-bond acceptors (Lipinski definition) is 4. The highest BCUT2D eigenvalue weighted by Crippen LogP contribution is 2.03. The molecule has 1 N–H and O–H groups in total. The molecule has 0 amide bonds. The third-order valence-corrected chi connectivity index (χ3v) is 1.89. The van der Waals surface area contributed by atoms with Crippen molar-refractivity contribution in [1.82, 2.24) is 4.98 Å². The highest BCUT2D eigenvalue weighted by molar-refractivity contribution is 5.85. The van der Waals surface area contributed by atoms with Crippen LogP contribution in [-0.2, 0) is 16.1 Å². The summed E-state index contributed by atoms with van der Waals surface area (Å²) in [5.74, 6) is -1.03.